The number of nitrogens with zero attached hydrogens (tertiary/aromatic N) is 3. The van der Waals surface area contributed by atoms with Crippen LogP contribution in [-0.4, -0.2) is 20.1 Å². The van der Waals surface area contributed by atoms with Crippen molar-refractivity contribution in [2.45, 2.75) is 32.2 Å². The molecule has 1 N–H and O–H groups in total. The molecule has 84 valence electrons. The van der Waals surface area contributed by atoms with Crippen molar-refractivity contribution in [2.24, 2.45) is 5.92 Å². The molecule has 0 bridgehead atoms. The molecule has 0 amide bonds. The molecule has 1 heterocycles. The van der Waals surface area contributed by atoms with Gasteiger partial charge in [-0.05, 0) is 30.9 Å². The quantitative estimate of drug-likeness (QED) is 0.839. The topological polar surface area (TPSA) is 50.9 Å². The van der Waals surface area contributed by atoms with Crippen molar-refractivity contribution in [3.8, 4) is 5.75 Å². The number of phenols is 1. The lowest BCUT2D eigenvalue weighted by Crippen LogP contribution is -2.08. The summed E-state index contributed by atoms with van der Waals surface area (Å²) in [6.45, 7) is 0.931. The lowest BCUT2D eigenvalue weighted by Gasteiger charge is -2.08. The predicted molar refractivity (Wildman–Crippen MR) is 61.2 cm³/mol. The second-order valence-corrected chi connectivity index (χ2v) is 4.60. The summed E-state index contributed by atoms with van der Waals surface area (Å²) in [5.74, 6) is 1.01. The summed E-state index contributed by atoms with van der Waals surface area (Å²) in [6, 6.07) is 5.20. The number of benzene rings is 1. The van der Waals surface area contributed by atoms with E-state index in [-0.39, 0.29) is 5.75 Å². The Hall–Kier alpha value is -1.58. The Morgan fingerprint density at radius 2 is 2.12 bits per heavy atom. The third kappa shape index (κ3) is 1.64. The summed E-state index contributed by atoms with van der Waals surface area (Å²) in [6.07, 6.45) is 5.26. The van der Waals surface area contributed by atoms with E-state index in [0.717, 1.165) is 23.5 Å². The first-order chi connectivity index (χ1) is 7.83. The Labute approximate surface area is 93.9 Å². The van der Waals surface area contributed by atoms with E-state index in [0.29, 0.717) is 0 Å². The molecule has 1 aromatic carbocycles. The second kappa shape index (κ2) is 3.77. The van der Waals surface area contributed by atoms with Gasteiger partial charge in [0.25, 0.3) is 0 Å². The second-order valence-electron chi connectivity index (χ2n) is 4.60. The monoisotopic (exact) mass is 217 g/mol. The van der Waals surface area contributed by atoms with Gasteiger partial charge in [-0.15, -0.1) is 5.10 Å². The third-order valence-electron chi connectivity index (χ3n) is 3.40. The molecule has 3 rings (SSSR count). The van der Waals surface area contributed by atoms with Crippen LogP contribution < -0.4 is 0 Å². The molecule has 16 heavy (non-hydrogen) atoms. The van der Waals surface area contributed by atoms with Crippen LogP contribution in [0, 0.1) is 5.92 Å². The lowest BCUT2D eigenvalue weighted by molar-refractivity contribution is 0.429. The smallest absolute Gasteiger partial charge is 0.117 e. The molecule has 1 aromatic heterocycles. The van der Waals surface area contributed by atoms with Crippen LogP contribution in [0.2, 0.25) is 0 Å². The number of hydrogen-bond donors (Lipinski definition) is 1. The van der Waals surface area contributed by atoms with E-state index in [1.54, 1.807) is 12.1 Å². The van der Waals surface area contributed by atoms with Gasteiger partial charge in [-0.25, -0.2) is 4.68 Å². The summed E-state index contributed by atoms with van der Waals surface area (Å²) >= 11 is 0. The van der Waals surface area contributed by atoms with Crippen LogP contribution in [0.15, 0.2) is 18.2 Å². The van der Waals surface area contributed by atoms with Gasteiger partial charge in [0.1, 0.15) is 11.3 Å². The molecule has 1 aliphatic carbocycles. The maximum Gasteiger partial charge on any atom is 0.117 e. The van der Waals surface area contributed by atoms with E-state index in [1.165, 1.54) is 25.7 Å². The highest BCUT2D eigenvalue weighted by Gasteiger charge is 2.17. The molecule has 0 aliphatic heterocycles. The average molecular weight is 217 g/mol. The molecule has 2 aromatic rings. The highest BCUT2D eigenvalue weighted by atomic mass is 16.3. The number of aromatic hydroxyl groups is 1. The molecular formula is C12H15N3O. The number of aromatic nitrogens is 3. The van der Waals surface area contributed by atoms with Gasteiger partial charge in [-0.1, -0.05) is 18.1 Å². The van der Waals surface area contributed by atoms with E-state index in [4.69, 9.17) is 0 Å². The van der Waals surface area contributed by atoms with Crippen LogP contribution >= 0.6 is 0 Å². The molecule has 4 nitrogen and oxygen atoms in total. The van der Waals surface area contributed by atoms with Gasteiger partial charge in [0.15, 0.2) is 0 Å². The average Bonchev–Trinajstić information content (AvgIpc) is 2.90. The summed E-state index contributed by atoms with van der Waals surface area (Å²) in [7, 11) is 0. The fourth-order valence-electron chi connectivity index (χ4n) is 2.53. The fraction of sp³-hybridized carbons (Fsp3) is 0.500. The number of fused-ring (bicyclic) bond motifs is 1. The van der Waals surface area contributed by atoms with Gasteiger partial charge in [-0.3, -0.25) is 0 Å². The Morgan fingerprint density at radius 1 is 1.31 bits per heavy atom. The highest BCUT2D eigenvalue weighted by Crippen LogP contribution is 2.27. The maximum atomic E-state index is 9.47. The largest absolute Gasteiger partial charge is 0.508 e. The Bertz CT molecular complexity index is 500. The van der Waals surface area contributed by atoms with Gasteiger partial charge in [0.2, 0.25) is 0 Å². The summed E-state index contributed by atoms with van der Waals surface area (Å²) in [5, 5.41) is 17.7. The standard InChI is InChI=1S/C12H15N3O/c16-10-5-6-11-12(7-10)15(14-13-11)8-9-3-1-2-4-9/h5-7,9,16H,1-4,8H2. The van der Waals surface area contributed by atoms with Gasteiger partial charge >= 0.3 is 0 Å². The van der Waals surface area contributed by atoms with Crippen LogP contribution in [-0.2, 0) is 6.54 Å². The van der Waals surface area contributed by atoms with Crippen LogP contribution in [0.5, 0.6) is 5.75 Å². The molecule has 1 aliphatic rings. The zero-order chi connectivity index (χ0) is 11.0. The van der Waals surface area contributed by atoms with Crippen molar-refractivity contribution in [2.75, 3.05) is 0 Å². The van der Waals surface area contributed by atoms with Crippen molar-refractivity contribution in [1.82, 2.24) is 15.0 Å². The fourth-order valence-corrected chi connectivity index (χ4v) is 2.53. The molecule has 0 spiro atoms. The Morgan fingerprint density at radius 3 is 2.94 bits per heavy atom. The maximum absolute atomic E-state index is 9.47. The first-order valence-electron chi connectivity index (χ1n) is 5.85. The molecule has 0 unspecified atom stereocenters. The molecule has 1 fully saturated rings. The van der Waals surface area contributed by atoms with E-state index < -0.39 is 0 Å². The molecular weight excluding hydrogens is 202 g/mol. The molecule has 0 saturated heterocycles. The van der Waals surface area contributed by atoms with E-state index in [2.05, 4.69) is 10.3 Å². The highest BCUT2D eigenvalue weighted by molar-refractivity contribution is 5.75. The summed E-state index contributed by atoms with van der Waals surface area (Å²) < 4.78 is 1.92. The Kier molecular flexibility index (Phi) is 2.27. The van der Waals surface area contributed by atoms with Crippen LogP contribution in [0.4, 0.5) is 0 Å². The van der Waals surface area contributed by atoms with Crippen molar-refractivity contribution in [3.63, 3.8) is 0 Å². The first-order valence-corrected chi connectivity index (χ1v) is 5.85. The van der Waals surface area contributed by atoms with Crippen LogP contribution in [0.25, 0.3) is 11.0 Å². The predicted octanol–water partition coefficient (Wildman–Crippen LogP) is 2.33. The first kappa shape index (κ1) is 9.63. The molecule has 1 saturated carbocycles. The van der Waals surface area contributed by atoms with E-state index in [1.807, 2.05) is 10.7 Å². The minimum absolute atomic E-state index is 0.280. The third-order valence-corrected chi connectivity index (χ3v) is 3.40. The summed E-state index contributed by atoms with van der Waals surface area (Å²) in [5.41, 5.74) is 1.79. The van der Waals surface area contributed by atoms with Gasteiger partial charge in [0, 0.05) is 12.6 Å². The number of phenolic OH excluding ortho intramolecular Hbond substituents is 1. The Balaban J connectivity index is 1.93. The number of rotatable bonds is 2. The van der Waals surface area contributed by atoms with Crippen LogP contribution in [0.3, 0.4) is 0 Å². The van der Waals surface area contributed by atoms with Crippen molar-refractivity contribution in [1.29, 1.82) is 0 Å². The van der Waals surface area contributed by atoms with Gasteiger partial charge in [-0.2, -0.15) is 0 Å². The minimum Gasteiger partial charge on any atom is -0.508 e. The van der Waals surface area contributed by atoms with Crippen molar-refractivity contribution in [3.05, 3.63) is 18.2 Å². The van der Waals surface area contributed by atoms with E-state index >= 15 is 0 Å². The summed E-state index contributed by atoms with van der Waals surface area (Å²) in [4.78, 5) is 0. The zero-order valence-electron chi connectivity index (χ0n) is 9.13. The van der Waals surface area contributed by atoms with Crippen molar-refractivity contribution < 1.29 is 5.11 Å². The molecule has 4 heteroatoms. The molecule has 0 atom stereocenters. The zero-order valence-corrected chi connectivity index (χ0v) is 9.13. The molecule has 0 radical (unpaired) electrons. The van der Waals surface area contributed by atoms with Crippen molar-refractivity contribution >= 4 is 11.0 Å². The van der Waals surface area contributed by atoms with E-state index in [9.17, 15) is 5.11 Å². The van der Waals surface area contributed by atoms with Crippen LogP contribution in [0.1, 0.15) is 25.7 Å². The SMILES string of the molecule is Oc1ccc2nnn(CC3CCCC3)c2c1. The minimum atomic E-state index is 0.280. The van der Waals surface area contributed by atoms with Gasteiger partial charge in [0.05, 0.1) is 5.52 Å². The van der Waals surface area contributed by atoms with Gasteiger partial charge < -0.3 is 5.11 Å². The normalized spacial score (nSPS) is 17.2. The number of hydrogen-bond acceptors (Lipinski definition) is 3. The lowest BCUT2D eigenvalue weighted by atomic mass is 10.1.